The van der Waals surface area contributed by atoms with Gasteiger partial charge in [0.05, 0.1) is 33.0 Å². The Balaban J connectivity index is 1.80. The Labute approximate surface area is 172 Å². The van der Waals surface area contributed by atoms with Gasteiger partial charge in [0.25, 0.3) is 5.91 Å². The number of pyridine rings is 1. The van der Waals surface area contributed by atoms with Crippen LogP contribution in [0.15, 0.2) is 36.2 Å². The van der Waals surface area contributed by atoms with E-state index in [2.05, 4.69) is 46.3 Å². The van der Waals surface area contributed by atoms with Crippen molar-refractivity contribution in [2.75, 3.05) is 10.3 Å². The van der Waals surface area contributed by atoms with Gasteiger partial charge < -0.3 is 11.1 Å². The Morgan fingerprint density at radius 3 is 2.69 bits per heavy atom. The summed E-state index contributed by atoms with van der Waals surface area (Å²) in [6.07, 6.45) is 4.73. The monoisotopic (exact) mass is 412 g/mol. The fourth-order valence-corrected chi connectivity index (χ4v) is 3.05. The molecule has 29 heavy (non-hydrogen) atoms. The van der Waals surface area contributed by atoms with Crippen LogP contribution in [-0.2, 0) is 5.41 Å². The van der Waals surface area contributed by atoms with Crippen LogP contribution in [0, 0.1) is 6.92 Å². The van der Waals surface area contributed by atoms with Crippen molar-refractivity contribution in [1.82, 2.24) is 20.2 Å². The van der Waals surface area contributed by atoms with Gasteiger partial charge in [-0.1, -0.05) is 20.8 Å². The van der Waals surface area contributed by atoms with E-state index in [-0.39, 0.29) is 11.3 Å². The maximum Gasteiger partial charge on any atom is 0.258 e. The van der Waals surface area contributed by atoms with E-state index in [0.29, 0.717) is 28.5 Å². The second kappa shape index (κ2) is 8.02. The summed E-state index contributed by atoms with van der Waals surface area (Å²) in [7, 11) is 0. The summed E-state index contributed by atoms with van der Waals surface area (Å²) >= 11 is 1.41. The molecule has 1 amide bonds. The summed E-state index contributed by atoms with van der Waals surface area (Å²) < 4.78 is 0. The molecule has 0 bridgehead atoms. The Hall–Kier alpha value is -3.24. The average molecular weight is 413 g/mol. The molecule has 3 aromatic rings. The first-order valence-electron chi connectivity index (χ1n) is 8.89. The predicted octanol–water partition coefficient (Wildman–Crippen LogP) is 2.76. The second-order valence-electron chi connectivity index (χ2n) is 7.56. The van der Waals surface area contributed by atoms with Crippen molar-refractivity contribution in [3.8, 4) is 0 Å². The molecule has 6 N–H and O–H groups in total. The predicted molar refractivity (Wildman–Crippen MR) is 115 cm³/mol. The lowest BCUT2D eigenvalue weighted by molar-refractivity contribution is 0.102. The van der Waals surface area contributed by atoms with E-state index in [4.69, 9.17) is 11.6 Å². The van der Waals surface area contributed by atoms with Gasteiger partial charge in [-0.25, -0.2) is 5.84 Å². The number of nitrogens with zero attached hydrogens (tertiary/aromatic N) is 4. The van der Waals surface area contributed by atoms with E-state index in [9.17, 15) is 4.79 Å². The second-order valence-corrected chi connectivity index (χ2v) is 8.44. The standard InChI is InChI=1S/C19H24N8OS/c1-11-14(27(21)9-13(20)15-8-22-10-29-15)5-12(7-23-11)18(28)24-17-6-16(25-26-17)19(2,3)4/h5-10H,20-21H2,1-4H3,(H2,24,25,26,28)/b13-9-. The molecule has 152 valence electrons. The fourth-order valence-electron chi connectivity index (χ4n) is 2.51. The number of anilines is 2. The molecule has 3 heterocycles. The molecular formula is C19H24N8OS. The van der Waals surface area contributed by atoms with Crippen LogP contribution in [0.2, 0.25) is 0 Å². The van der Waals surface area contributed by atoms with E-state index < -0.39 is 0 Å². The van der Waals surface area contributed by atoms with Gasteiger partial charge >= 0.3 is 0 Å². The third-order valence-electron chi connectivity index (χ3n) is 4.22. The Bertz CT molecular complexity index is 1030. The minimum Gasteiger partial charge on any atom is -0.396 e. The number of carbonyl (C=O) groups is 1. The number of aromatic nitrogens is 4. The SMILES string of the molecule is Cc1ncc(C(=O)Nc2cc(C(C)(C)C)[nH]n2)cc1N(N)/C=C(\N)c1cncs1. The highest BCUT2D eigenvalue weighted by molar-refractivity contribution is 7.10. The van der Waals surface area contributed by atoms with Gasteiger partial charge in [-0.15, -0.1) is 11.3 Å². The third-order valence-corrected chi connectivity index (χ3v) is 5.05. The zero-order chi connectivity index (χ0) is 21.2. The van der Waals surface area contributed by atoms with Gasteiger partial charge in [0, 0.05) is 35.8 Å². The zero-order valence-corrected chi connectivity index (χ0v) is 17.5. The minimum absolute atomic E-state index is 0.0983. The van der Waals surface area contributed by atoms with E-state index in [1.165, 1.54) is 22.5 Å². The lowest BCUT2D eigenvalue weighted by atomic mass is 9.92. The molecule has 0 fully saturated rings. The van der Waals surface area contributed by atoms with Crippen molar-refractivity contribution < 1.29 is 4.79 Å². The topological polar surface area (TPSA) is 139 Å². The van der Waals surface area contributed by atoms with Crippen molar-refractivity contribution >= 4 is 34.4 Å². The molecule has 0 aliphatic carbocycles. The lowest BCUT2D eigenvalue weighted by Gasteiger charge is -2.17. The van der Waals surface area contributed by atoms with Crippen LogP contribution in [0.3, 0.4) is 0 Å². The molecule has 0 aliphatic rings. The number of rotatable bonds is 5. The van der Waals surface area contributed by atoms with E-state index in [0.717, 1.165) is 10.6 Å². The zero-order valence-electron chi connectivity index (χ0n) is 16.7. The molecule has 0 saturated heterocycles. The van der Waals surface area contributed by atoms with Crippen molar-refractivity contribution in [3.05, 3.63) is 58.1 Å². The van der Waals surface area contributed by atoms with Crippen LogP contribution in [0.4, 0.5) is 11.5 Å². The van der Waals surface area contributed by atoms with Gasteiger partial charge in [0.15, 0.2) is 5.82 Å². The summed E-state index contributed by atoms with van der Waals surface area (Å²) in [6, 6.07) is 3.47. The Morgan fingerprint density at radius 1 is 1.31 bits per heavy atom. The molecule has 0 aromatic carbocycles. The van der Waals surface area contributed by atoms with Crippen molar-refractivity contribution in [3.63, 3.8) is 0 Å². The van der Waals surface area contributed by atoms with Crippen LogP contribution in [0.1, 0.15) is 47.4 Å². The first-order valence-corrected chi connectivity index (χ1v) is 9.77. The minimum atomic E-state index is -0.335. The largest absolute Gasteiger partial charge is 0.396 e. The summed E-state index contributed by atoms with van der Waals surface area (Å²) in [5.74, 6) is 6.26. The number of carbonyl (C=O) groups excluding carboxylic acids is 1. The number of thiazole rings is 1. The van der Waals surface area contributed by atoms with Crippen LogP contribution < -0.4 is 21.9 Å². The molecule has 3 aromatic heterocycles. The van der Waals surface area contributed by atoms with Crippen molar-refractivity contribution in [2.24, 2.45) is 11.6 Å². The first-order chi connectivity index (χ1) is 13.6. The molecule has 0 aliphatic heterocycles. The number of nitrogens with two attached hydrogens (primary N) is 2. The highest BCUT2D eigenvalue weighted by Crippen LogP contribution is 2.23. The third kappa shape index (κ3) is 4.79. The van der Waals surface area contributed by atoms with Crippen molar-refractivity contribution in [1.29, 1.82) is 0 Å². The summed E-state index contributed by atoms with van der Waals surface area (Å²) in [6.45, 7) is 7.98. The smallest absolute Gasteiger partial charge is 0.258 e. The Kier molecular flexibility index (Phi) is 5.66. The van der Waals surface area contributed by atoms with E-state index in [1.807, 2.05) is 6.07 Å². The first kappa shape index (κ1) is 20.5. The number of hydrogen-bond donors (Lipinski definition) is 4. The molecule has 0 unspecified atom stereocenters. The maximum absolute atomic E-state index is 12.7. The fraction of sp³-hybridized carbons (Fsp3) is 0.263. The maximum atomic E-state index is 12.7. The quantitative estimate of drug-likeness (QED) is 0.373. The number of hydrogen-bond acceptors (Lipinski definition) is 8. The molecule has 0 saturated carbocycles. The number of aryl methyl sites for hydroxylation is 1. The lowest BCUT2D eigenvalue weighted by Crippen LogP contribution is -2.27. The summed E-state index contributed by atoms with van der Waals surface area (Å²) in [5.41, 5.74) is 10.6. The highest BCUT2D eigenvalue weighted by Gasteiger charge is 2.18. The highest BCUT2D eigenvalue weighted by atomic mass is 32.1. The summed E-state index contributed by atoms with van der Waals surface area (Å²) in [4.78, 5) is 21.7. The molecule has 0 radical (unpaired) electrons. The number of amides is 1. The molecule has 0 spiro atoms. The van der Waals surface area contributed by atoms with Gasteiger partial charge in [-0.2, -0.15) is 5.10 Å². The molecule has 10 heteroatoms. The number of aromatic amines is 1. The van der Waals surface area contributed by atoms with E-state index >= 15 is 0 Å². The van der Waals surface area contributed by atoms with E-state index in [1.54, 1.807) is 30.9 Å². The average Bonchev–Trinajstić information content (AvgIpc) is 3.33. The van der Waals surface area contributed by atoms with Crippen LogP contribution in [0.5, 0.6) is 0 Å². The molecule has 0 atom stereocenters. The van der Waals surface area contributed by atoms with Crippen molar-refractivity contribution in [2.45, 2.75) is 33.1 Å². The van der Waals surface area contributed by atoms with Gasteiger partial charge in [0.1, 0.15) is 0 Å². The number of hydrazine groups is 1. The van der Waals surface area contributed by atoms with Gasteiger partial charge in [-0.3, -0.25) is 24.9 Å². The van der Waals surface area contributed by atoms with Crippen LogP contribution in [0.25, 0.3) is 5.70 Å². The number of H-pyrrole nitrogens is 1. The van der Waals surface area contributed by atoms with Gasteiger partial charge in [-0.05, 0) is 13.0 Å². The summed E-state index contributed by atoms with van der Waals surface area (Å²) in [5, 5.41) is 11.2. The van der Waals surface area contributed by atoms with Gasteiger partial charge in [0.2, 0.25) is 0 Å². The Morgan fingerprint density at radius 2 is 2.07 bits per heavy atom. The van der Waals surface area contributed by atoms with Crippen LogP contribution in [-0.4, -0.2) is 26.1 Å². The normalized spacial score (nSPS) is 12.1. The number of nitrogens with one attached hydrogen (secondary N) is 2. The molecular weight excluding hydrogens is 388 g/mol. The molecule has 3 rings (SSSR count). The van der Waals surface area contributed by atoms with Crippen LogP contribution >= 0.6 is 11.3 Å². The molecule has 9 nitrogen and oxygen atoms in total.